The molecule has 2 aliphatic rings. The Balaban J connectivity index is 1.29. The van der Waals surface area contributed by atoms with Crippen LogP contribution in [0.5, 0.6) is 0 Å². The predicted octanol–water partition coefficient (Wildman–Crippen LogP) is 2.57. The van der Waals surface area contributed by atoms with Crippen molar-refractivity contribution in [3.05, 3.63) is 58.0 Å². The molecule has 0 atom stereocenters. The number of rotatable bonds is 7. The predicted molar refractivity (Wildman–Crippen MR) is 111 cm³/mol. The Kier molecular flexibility index (Phi) is 4.86. The van der Waals surface area contributed by atoms with Gasteiger partial charge in [0.15, 0.2) is 0 Å². The lowest BCUT2D eigenvalue weighted by molar-refractivity contribution is 0.0278. The van der Waals surface area contributed by atoms with Crippen LogP contribution in [0.3, 0.4) is 0 Å². The first-order valence-corrected chi connectivity index (χ1v) is 10.4. The third-order valence-corrected chi connectivity index (χ3v) is 5.81. The zero-order valence-electron chi connectivity index (χ0n) is 17.2. The summed E-state index contributed by atoms with van der Waals surface area (Å²) in [5.41, 5.74) is 4.00. The highest BCUT2D eigenvalue weighted by Gasteiger charge is 2.31. The molecule has 3 aromatic rings. The van der Waals surface area contributed by atoms with Gasteiger partial charge in [0.2, 0.25) is 0 Å². The van der Waals surface area contributed by atoms with Gasteiger partial charge in [-0.25, -0.2) is 4.68 Å². The SMILES string of the molecule is Cc1ccc(-c2noc(C)c2Cn2ncc(N3CC(OCC4CC4)C3)cc2=O)cn1. The molecule has 30 heavy (non-hydrogen) atoms. The quantitative estimate of drug-likeness (QED) is 0.595. The van der Waals surface area contributed by atoms with Gasteiger partial charge in [-0.3, -0.25) is 9.78 Å². The van der Waals surface area contributed by atoms with Gasteiger partial charge in [0, 0.05) is 48.8 Å². The van der Waals surface area contributed by atoms with Crippen molar-refractivity contribution in [1.29, 1.82) is 0 Å². The zero-order valence-corrected chi connectivity index (χ0v) is 17.2. The summed E-state index contributed by atoms with van der Waals surface area (Å²) in [5, 5.41) is 8.56. The van der Waals surface area contributed by atoms with Crippen molar-refractivity contribution in [2.75, 3.05) is 24.6 Å². The van der Waals surface area contributed by atoms with E-state index in [0.29, 0.717) is 18.0 Å². The third-order valence-electron chi connectivity index (χ3n) is 5.81. The number of hydrogen-bond donors (Lipinski definition) is 0. The van der Waals surface area contributed by atoms with Gasteiger partial charge in [0.25, 0.3) is 5.56 Å². The molecule has 8 nitrogen and oxygen atoms in total. The van der Waals surface area contributed by atoms with Crippen LogP contribution >= 0.6 is 0 Å². The lowest BCUT2D eigenvalue weighted by atomic mass is 10.1. The topological polar surface area (TPSA) is 86.3 Å². The van der Waals surface area contributed by atoms with Gasteiger partial charge in [0.1, 0.15) is 11.5 Å². The highest BCUT2D eigenvalue weighted by atomic mass is 16.5. The molecule has 0 bridgehead atoms. The molecule has 1 saturated carbocycles. The van der Waals surface area contributed by atoms with Crippen LogP contribution in [0.25, 0.3) is 11.3 Å². The maximum atomic E-state index is 12.7. The maximum Gasteiger partial charge on any atom is 0.269 e. The Morgan fingerprint density at radius 1 is 1.20 bits per heavy atom. The molecule has 156 valence electrons. The van der Waals surface area contributed by atoms with Crippen LogP contribution in [-0.2, 0) is 11.3 Å². The fourth-order valence-corrected chi connectivity index (χ4v) is 3.59. The molecule has 0 aromatic carbocycles. The Morgan fingerprint density at radius 3 is 2.73 bits per heavy atom. The normalized spacial score (nSPS) is 16.7. The van der Waals surface area contributed by atoms with E-state index >= 15 is 0 Å². The van der Waals surface area contributed by atoms with Gasteiger partial charge in [-0.1, -0.05) is 5.16 Å². The van der Waals surface area contributed by atoms with Crippen LogP contribution in [0.1, 0.15) is 29.9 Å². The van der Waals surface area contributed by atoms with Crippen molar-refractivity contribution in [3.63, 3.8) is 0 Å². The number of aryl methyl sites for hydroxylation is 2. The average Bonchev–Trinajstić information content (AvgIpc) is 3.46. The minimum atomic E-state index is -0.150. The lowest BCUT2D eigenvalue weighted by Crippen LogP contribution is -2.53. The summed E-state index contributed by atoms with van der Waals surface area (Å²) >= 11 is 0. The molecule has 1 aliphatic carbocycles. The first-order valence-electron chi connectivity index (χ1n) is 10.4. The first-order chi connectivity index (χ1) is 14.6. The third kappa shape index (κ3) is 3.87. The molecule has 3 aromatic heterocycles. The van der Waals surface area contributed by atoms with E-state index in [0.717, 1.165) is 48.1 Å². The van der Waals surface area contributed by atoms with E-state index in [9.17, 15) is 4.79 Å². The van der Waals surface area contributed by atoms with Gasteiger partial charge < -0.3 is 14.2 Å². The van der Waals surface area contributed by atoms with E-state index in [1.54, 1.807) is 18.5 Å². The number of nitrogens with zero attached hydrogens (tertiary/aromatic N) is 5. The molecule has 4 heterocycles. The van der Waals surface area contributed by atoms with Gasteiger partial charge in [-0.05, 0) is 44.7 Å². The van der Waals surface area contributed by atoms with E-state index < -0.39 is 0 Å². The summed E-state index contributed by atoms with van der Waals surface area (Å²) in [5.74, 6) is 1.44. The van der Waals surface area contributed by atoms with Gasteiger partial charge in [-0.2, -0.15) is 5.10 Å². The summed E-state index contributed by atoms with van der Waals surface area (Å²) in [4.78, 5) is 19.2. The fraction of sp³-hybridized carbons (Fsp3) is 0.455. The molecule has 0 N–H and O–H groups in total. The Hall–Kier alpha value is -3.00. The second-order valence-electron chi connectivity index (χ2n) is 8.27. The first kappa shape index (κ1) is 19.0. The summed E-state index contributed by atoms with van der Waals surface area (Å²) in [6, 6.07) is 5.52. The van der Waals surface area contributed by atoms with Crippen molar-refractivity contribution in [1.82, 2.24) is 19.9 Å². The molecular weight excluding hydrogens is 382 g/mol. The Bertz CT molecular complexity index is 1090. The lowest BCUT2D eigenvalue weighted by Gasteiger charge is -2.40. The molecule has 0 unspecified atom stereocenters. The number of hydrogen-bond acceptors (Lipinski definition) is 7. The second kappa shape index (κ2) is 7.68. The fourth-order valence-electron chi connectivity index (χ4n) is 3.59. The molecule has 0 spiro atoms. The van der Waals surface area contributed by atoms with Gasteiger partial charge >= 0.3 is 0 Å². The Morgan fingerprint density at radius 2 is 2.03 bits per heavy atom. The summed E-state index contributed by atoms with van der Waals surface area (Å²) in [6.45, 7) is 6.57. The van der Waals surface area contributed by atoms with Gasteiger partial charge in [0.05, 0.1) is 24.5 Å². The number of anilines is 1. The summed E-state index contributed by atoms with van der Waals surface area (Å²) < 4.78 is 12.7. The number of aromatic nitrogens is 4. The minimum Gasteiger partial charge on any atom is -0.374 e. The van der Waals surface area contributed by atoms with E-state index in [1.165, 1.54) is 17.5 Å². The number of pyridine rings is 1. The molecule has 8 heteroatoms. The smallest absolute Gasteiger partial charge is 0.269 e. The summed E-state index contributed by atoms with van der Waals surface area (Å²) in [7, 11) is 0. The van der Waals surface area contributed by atoms with Crippen LogP contribution in [-0.4, -0.2) is 45.7 Å². The highest BCUT2D eigenvalue weighted by molar-refractivity contribution is 5.62. The molecule has 0 radical (unpaired) electrons. The van der Waals surface area contributed by atoms with Crippen molar-refractivity contribution in [2.45, 2.75) is 39.3 Å². The molecule has 0 amide bonds. The van der Waals surface area contributed by atoms with Crippen LogP contribution < -0.4 is 10.5 Å². The minimum absolute atomic E-state index is 0.150. The number of ether oxygens (including phenoxy) is 1. The standard InChI is InChI=1S/C22H25N5O3/c1-14-3-6-17(8-23-14)22-20(15(2)30-25-22)12-27-21(28)7-18(9-24-27)26-10-19(11-26)29-13-16-4-5-16/h3,6-9,16,19H,4-5,10-13H2,1-2H3. The molecule has 1 saturated heterocycles. The molecular formula is C22H25N5O3. The zero-order chi connectivity index (χ0) is 20.7. The molecule has 5 rings (SSSR count). The van der Waals surface area contributed by atoms with E-state index in [1.807, 2.05) is 26.0 Å². The molecule has 2 fully saturated rings. The van der Waals surface area contributed by atoms with Crippen molar-refractivity contribution in [2.24, 2.45) is 5.92 Å². The van der Waals surface area contributed by atoms with Crippen LogP contribution in [0.15, 0.2) is 39.9 Å². The monoisotopic (exact) mass is 407 g/mol. The highest BCUT2D eigenvalue weighted by Crippen LogP contribution is 2.30. The second-order valence-corrected chi connectivity index (χ2v) is 8.27. The maximum absolute atomic E-state index is 12.7. The average molecular weight is 407 g/mol. The van der Waals surface area contributed by atoms with E-state index in [2.05, 4.69) is 20.1 Å². The van der Waals surface area contributed by atoms with Crippen molar-refractivity contribution < 1.29 is 9.26 Å². The summed E-state index contributed by atoms with van der Waals surface area (Å²) in [6.07, 6.45) is 6.37. The van der Waals surface area contributed by atoms with Crippen LogP contribution in [0.2, 0.25) is 0 Å². The van der Waals surface area contributed by atoms with Crippen molar-refractivity contribution in [3.8, 4) is 11.3 Å². The molecule has 1 aliphatic heterocycles. The largest absolute Gasteiger partial charge is 0.374 e. The Labute approximate surface area is 174 Å². The van der Waals surface area contributed by atoms with Crippen LogP contribution in [0.4, 0.5) is 5.69 Å². The van der Waals surface area contributed by atoms with Crippen molar-refractivity contribution >= 4 is 5.69 Å². The van der Waals surface area contributed by atoms with Gasteiger partial charge in [-0.15, -0.1) is 0 Å². The van der Waals surface area contributed by atoms with E-state index in [4.69, 9.17) is 9.26 Å². The van der Waals surface area contributed by atoms with E-state index in [-0.39, 0.29) is 11.7 Å². The van der Waals surface area contributed by atoms with Crippen LogP contribution in [0, 0.1) is 19.8 Å².